The van der Waals surface area contributed by atoms with Gasteiger partial charge < -0.3 is 5.32 Å². The number of hydrogen-bond donors (Lipinski definition) is 2. The molecule has 0 aromatic heterocycles. The Kier molecular flexibility index (Phi) is 7.68. The van der Waals surface area contributed by atoms with Crippen LogP contribution in [0.1, 0.15) is 22.3 Å². The van der Waals surface area contributed by atoms with Crippen LogP contribution in [0.3, 0.4) is 0 Å². The maximum Gasteiger partial charge on any atom is 0.230 e. The molecule has 2 N–H and O–H groups in total. The number of hydrogen-bond acceptors (Lipinski definition) is 4. The summed E-state index contributed by atoms with van der Waals surface area (Å²) in [5.41, 5.74) is 4.09. The van der Waals surface area contributed by atoms with Gasteiger partial charge >= 0.3 is 0 Å². The standard InChI is InChI=1S/C19H24N2O3S2/c1-15-3-5-17(6-4-15)12-25-13-19(22)21-11-16-7-9-18(10-8-16)14-26(23,24)20-2/h3-10,20H,11-14H2,1-2H3,(H,21,22). The van der Waals surface area contributed by atoms with Gasteiger partial charge in [0.25, 0.3) is 0 Å². The van der Waals surface area contributed by atoms with Gasteiger partial charge in [-0.05, 0) is 30.7 Å². The van der Waals surface area contributed by atoms with Gasteiger partial charge in [0, 0.05) is 12.3 Å². The fraction of sp³-hybridized carbons (Fsp3) is 0.316. The number of sulfonamides is 1. The van der Waals surface area contributed by atoms with Crippen molar-refractivity contribution in [2.45, 2.75) is 25.0 Å². The number of nitrogens with one attached hydrogen (secondary N) is 2. The molecule has 5 nitrogen and oxygen atoms in total. The van der Waals surface area contributed by atoms with Crippen molar-refractivity contribution in [3.63, 3.8) is 0 Å². The SMILES string of the molecule is CNS(=O)(=O)Cc1ccc(CNC(=O)CSCc2ccc(C)cc2)cc1. The molecule has 0 aliphatic heterocycles. The molecule has 0 aliphatic carbocycles. The number of rotatable bonds is 9. The van der Waals surface area contributed by atoms with Crippen LogP contribution in [-0.4, -0.2) is 27.1 Å². The van der Waals surface area contributed by atoms with Crippen molar-refractivity contribution in [1.82, 2.24) is 10.0 Å². The lowest BCUT2D eigenvalue weighted by Gasteiger charge is -2.07. The van der Waals surface area contributed by atoms with Gasteiger partial charge in [-0.15, -0.1) is 11.8 Å². The second-order valence-corrected chi connectivity index (χ2v) is 8.95. The Hall–Kier alpha value is -1.83. The minimum absolute atomic E-state index is 0.0102. The third-order valence-corrected chi connectivity index (χ3v) is 6.14. The molecule has 26 heavy (non-hydrogen) atoms. The molecule has 0 aliphatic rings. The summed E-state index contributed by atoms with van der Waals surface area (Å²) in [6.07, 6.45) is 0. The van der Waals surface area contributed by atoms with Gasteiger partial charge in [-0.3, -0.25) is 4.79 Å². The molecular weight excluding hydrogens is 368 g/mol. The van der Waals surface area contributed by atoms with E-state index < -0.39 is 10.0 Å². The summed E-state index contributed by atoms with van der Waals surface area (Å²) in [5, 5.41) is 2.88. The quantitative estimate of drug-likeness (QED) is 0.688. The Morgan fingerprint density at radius 3 is 2.15 bits per heavy atom. The summed E-state index contributed by atoms with van der Waals surface area (Å²) in [7, 11) is -1.87. The normalized spacial score (nSPS) is 11.3. The first kappa shape index (κ1) is 20.5. The fourth-order valence-corrected chi connectivity index (χ4v) is 3.84. The van der Waals surface area contributed by atoms with Crippen LogP contribution in [0, 0.1) is 6.92 Å². The molecule has 2 rings (SSSR count). The van der Waals surface area contributed by atoms with Crippen molar-refractivity contribution >= 4 is 27.7 Å². The molecule has 0 saturated carbocycles. The average molecular weight is 393 g/mol. The first-order valence-corrected chi connectivity index (χ1v) is 11.1. The van der Waals surface area contributed by atoms with Crippen LogP contribution in [0.25, 0.3) is 0 Å². The zero-order valence-electron chi connectivity index (χ0n) is 15.0. The van der Waals surface area contributed by atoms with Crippen LogP contribution in [0.4, 0.5) is 0 Å². The fourth-order valence-electron chi connectivity index (χ4n) is 2.24. The van der Waals surface area contributed by atoms with Crippen LogP contribution in [0.15, 0.2) is 48.5 Å². The van der Waals surface area contributed by atoms with Gasteiger partial charge in [0.05, 0.1) is 11.5 Å². The van der Waals surface area contributed by atoms with Crippen LogP contribution in [0.5, 0.6) is 0 Å². The highest BCUT2D eigenvalue weighted by Gasteiger charge is 2.08. The summed E-state index contributed by atoms with van der Waals surface area (Å²) in [5.74, 6) is 1.16. The second kappa shape index (κ2) is 9.75. The van der Waals surface area contributed by atoms with E-state index >= 15 is 0 Å². The molecule has 0 saturated heterocycles. The second-order valence-electron chi connectivity index (χ2n) is 6.03. The topological polar surface area (TPSA) is 75.3 Å². The van der Waals surface area contributed by atoms with E-state index in [-0.39, 0.29) is 11.7 Å². The maximum atomic E-state index is 11.9. The largest absolute Gasteiger partial charge is 0.351 e. The van der Waals surface area contributed by atoms with E-state index in [0.717, 1.165) is 11.3 Å². The molecule has 140 valence electrons. The smallest absolute Gasteiger partial charge is 0.230 e. The van der Waals surface area contributed by atoms with Gasteiger partial charge in [-0.2, -0.15) is 0 Å². The Balaban J connectivity index is 1.72. The number of carbonyl (C=O) groups excluding carboxylic acids is 1. The highest BCUT2D eigenvalue weighted by Crippen LogP contribution is 2.13. The Bertz CT molecular complexity index is 817. The van der Waals surface area contributed by atoms with Crippen LogP contribution in [0.2, 0.25) is 0 Å². The molecule has 2 aromatic carbocycles. The molecule has 0 heterocycles. The van der Waals surface area contributed by atoms with E-state index in [4.69, 9.17) is 0 Å². The van der Waals surface area contributed by atoms with E-state index in [1.54, 1.807) is 23.9 Å². The molecule has 2 aromatic rings. The van der Waals surface area contributed by atoms with E-state index in [9.17, 15) is 13.2 Å². The third kappa shape index (κ3) is 7.19. The Morgan fingerprint density at radius 1 is 0.962 bits per heavy atom. The molecule has 0 radical (unpaired) electrons. The summed E-state index contributed by atoms with van der Waals surface area (Å²) in [4.78, 5) is 11.9. The van der Waals surface area contributed by atoms with Gasteiger partial charge in [-0.1, -0.05) is 54.1 Å². The van der Waals surface area contributed by atoms with Gasteiger partial charge in [0.1, 0.15) is 0 Å². The van der Waals surface area contributed by atoms with Crippen molar-refractivity contribution in [3.8, 4) is 0 Å². The monoisotopic (exact) mass is 392 g/mol. The molecule has 0 unspecified atom stereocenters. The van der Waals surface area contributed by atoms with Crippen molar-refractivity contribution in [2.75, 3.05) is 12.8 Å². The molecular formula is C19H24N2O3S2. The summed E-state index contributed by atoms with van der Waals surface area (Å²) in [6.45, 7) is 2.49. The van der Waals surface area contributed by atoms with Crippen LogP contribution in [-0.2, 0) is 32.9 Å². The predicted octanol–water partition coefficient (Wildman–Crippen LogP) is 2.59. The molecule has 0 atom stereocenters. The number of thioether (sulfide) groups is 1. The lowest BCUT2D eigenvalue weighted by molar-refractivity contribution is -0.118. The molecule has 1 amide bonds. The lowest BCUT2D eigenvalue weighted by atomic mass is 10.1. The molecule has 7 heteroatoms. The zero-order chi connectivity index (χ0) is 19.0. The van der Waals surface area contributed by atoms with Crippen LogP contribution >= 0.6 is 11.8 Å². The summed E-state index contributed by atoms with van der Waals surface area (Å²) < 4.78 is 25.3. The first-order valence-electron chi connectivity index (χ1n) is 8.27. The van der Waals surface area contributed by atoms with E-state index in [0.29, 0.717) is 17.9 Å². The number of carbonyl (C=O) groups is 1. The molecule has 0 bridgehead atoms. The van der Waals surface area contributed by atoms with Crippen molar-refractivity contribution < 1.29 is 13.2 Å². The first-order chi connectivity index (χ1) is 12.4. The van der Waals surface area contributed by atoms with Crippen molar-refractivity contribution in [3.05, 3.63) is 70.8 Å². The van der Waals surface area contributed by atoms with Crippen molar-refractivity contribution in [2.24, 2.45) is 0 Å². The molecule has 0 spiro atoms. The molecule has 0 fully saturated rings. The van der Waals surface area contributed by atoms with Crippen molar-refractivity contribution in [1.29, 1.82) is 0 Å². The lowest BCUT2D eigenvalue weighted by Crippen LogP contribution is -2.24. The minimum atomic E-state index is -3.27. The Morgan fingerprint density at radius 2 is 1.54 bits per heavy atom. The van der Waals surface area contributed by atoms with E-state index in [2.05, 4.69) is 41.2 Å². The number of aryl methyl sites for hydroxylation is 1. The number of benzene rings is 2. The predicted molar refractivity (Wildman–Crippen MR) is 107 cm³/mol. The van der Waals surface area contributed by atoms with Crippen LogP contribution < -0.4 is 10.0 Å². The van der Waals surface area contributed by atoms with Gasteiger partial charge in [0.15, 0.2) is 0 Å². The highest BCUT2D eigenvalue weighted by atomic mass is 32.2. The van der Waals surface area contributed by atoms with E-state index in [1.807, 2.05) is 12.1 Å². The number of amides is 1. The van der Waals surface area contributed by atoms with Gasteiger partial charge in [0.2, 0.25) is 15.9 Å². The van der Waals surface area contributed by atoms with E-state index in [1.165, 1.54) is 18.2 Å². The average Bonchev–Trinajstić information content (AvgIpc) is 2.62. The maximum absolute atomic E-state index is 11.9. The third-order valence-electron chi connectivity index (χ3n) is 3.80. The zero-order valence-corrected chi connectivity index (χ0v) is 16.6. The highest BCUT2D eigenvalue weighted by molar-refractivity contribution is 7.99. The Labute approximate surface area is 159 Å². The van der Waals surface area contributed by atoms with Gasteiger partial charge in [-0.25, -0.2) is 13.1 Å². The summed E-state index contributed by atoms with van der Waals surface area (Å²) >= 11 is 1.58. The minimum Gasteiger partial charge on any atom is -0.351 e. The summed E-state index contributed by atoms with van der Waals surface area (Å²) in [6, 6.07) is 15.5.